The lowest BCUT2D eigenvalue weighted by atomic mass is 10.1. The molecule has 31 heavy (non-hydrogen) atoms. The highest BCUT2D eigenvalue weighted by molar-refractivity contribution is 6.23. The van der Waals surface area contributed by atoms with Crippen molar-refractivity contribution in [2.45, 2.75) is 18.9 Å². The number of nitrogens with zero attached hydrogens (tertiary/aromatic N) is 4. The van der Waals surface area contributed by atoms with Crippen molar-refractivity contribution >= 4 is 17.7 Å². The van der Waals surface area contributed by atoms with Gasteiger partial charge in [-0.05, 0) is 25.0 Å². The van der Waals surface area contributed by atoms with Gasteiger partial charge in [0.25, 0.3) is 5.91 Å². The Balaban J connectivity index is 1.70. The van der Waals surface area contributed by atoms with E-state index in [1.165, 1.54) is 7.05 Å². The first-order valence-electron chi connectivity index (χ1n) is 9.90. The van der Waals surface area contributed by atoms with E-state index in [9.17, 15) is 9.59 Å². The Morgan fingerprint density at radius 1 is 1.13 bits per heavy atom. The summed E-state index contributed by atoms with van der Waals surface area (Å²) < 4.78 is 2.69. The molecule has 156 valence electrons. The third-order valence-corrected chi connectivity index (χ3v) is 5.41. The van der Waals surface area contributed by atoms with Crippen molar-refractivity contribution in [3.63, 3.8) is 0 Å². The largest absolute Gasteiger partial charge is 0.343 e. The van der Waals surface area contributed by atoms with Gasteiger partial charge in [0.2, 0.25) is 0 Å². The number of rotatable bonds is 5. The van der Waals surface area contributed by atoms with Crippen molar-refractivity contribution < 1.29 is 4.79 Å². The molecule has 0 atom stereocenters. The first-order valence-corrected chi connectivity index (χ1v) is 10.2. The van der Waals surface area contributed by atoms with Crippen LogP contribution in [0.2, 0.25) is 0 Å². The first-order chi connectivity index (χ1) is 15.0. The van der Waals surface area contributed by atoms with E-state index in [0.717, 1.165) is 28.4 Å². The Bertz CT molecular complexity index is 1320. The van der Waals surface area contributed by atoms with Gasteiger partial charge in [0.1, 0.15) is 17.2 Å². The van der Waals surface area contributed by atoms with Gasteiger partial charge in [-0.1, -0.05) is 42.5 Å². The fraction of sp³-hybridized carbons (Fsp3) is 0.182. The third kappa shape index (κ3) is 3.55. The second-order valence-electron chi connectivity index (χ2n) is 7.49. The molecule has 0 radical (unpaired) electrons. The Morgan fingerprint density at radius 3 is 2.58 bits per heavy atom. The summed E-state index contributed by atoms with van der Waals surface area (Å²) in [5.74, 6) is 0.830. The lowest BCUT2D eigenvalue weighted by Gasteiger charge is -2.09. The molecule has 1 aliphatic rings. The standard InChI is InChI=1S/C22H19ClN6O2/c1-28(23)21(30)15-9-5-8-14(12-15)17-18(20-26-27-22(31)29(20)16-10-11-16)25-19(24-17)13-6-3-2-4-7-13/h2-9,12,16H,10-11H2,1H3,(H,24,25)(H,27,31). The number of H-pyrrole nitrogens is 2. The van der Waals surface area contributed by atoms with Crippen LogP contribution in [0.15, 0.2) is 59.4 Å². The number of hydrogen-bond donors (Lipinski definition) is 2. The van der Waals surface area contributed by atoms with Crippen LogP contribution in [0.5, 0.6) is 0 Å². The van der Waals surface area contributed by atoms with Crippen LogP contribution < -0.4 is 5.69 Å². The zero-order valence-corrected chi connectivity index (χ0v) is 17.4. The number of hydrogen-bond acceptors (Lipinski definition) is 4. The minimum Gasteiger partial charge on any atom is -0.335 e. The van der Waals surface area contributed by atoms with Crippen LogP contribution in [-0.4, -0.2) is 42.1 Å². The Hall–Kier alpha value is -3.65. The molecular formula is C22H19ClN6O2. The molecule has 1 saturated carbocycles. The summed E-state index contributed by atoms with van der Waals surface area (Å²) >= 11 is 5.85. The second kappa shape index (κ2) is 7.55. The molecule has 5 rings (SSSR count). The predicted molar refractivity (Wildman–Crippen MR) is 118 cm³/mol. The molecule has 1 amide bonds. The van der Waals surface area contributed by atoms with Crippen LogP contribution in [-0.2, 0) is 0 Å². The zero-order valence-electron chi connectivity index (χ0n) is 16.7. The molecule has 2 aromatic carbocycles. The van der Waals surface area contributed by atoms with E-state index in [0.29, 0.717) is 28.6 Å². The number of halogens is 1. The molecule has 9 heteroatoms. The van der Waals surface area contributed by atoms with E-state index in [1.807, 2.05) is 36.4 Å². The predicted octanol–water partition coefficient (Wildman–Crippen LogP) is 3.86. The number of aromatic nitrogens is 5. The van der Waals surface area contributed by atoms with E-state index in [1.54, 1.807) is 22.8 Å². The van der Waals surface area contributed by atoms with E-state index < -0.39 is 0 Å². The topological polar surface area (TPSA) is 99.7 Å². The molecule has 8 nitrogen and oxygen atoms in total. The summed E-state index contributed by atoms with van der Waals surface area (Å²) in [6, 6.07) is 16.9. The number of amides is 1. The maximum Gasteiger partial charge on any atom is 0.343 e. The van der Waals surface area contributed by atoms with Crippen LogP contribution in [0.25, 0.3) is 34.2 Å². The summed E-state index contributed by atoms with van der Waals surface area (Å²) in [6.07, 6.45) is 1.88. The summed E-state index contributed by atoms with van der Waals surface area (Å²) in [4.78, 5) is 32.9. The number of carbonyl (C=O) groups excluding carboxylic acids is 1. The third-order valence-electron chi connectivity index (χ3n) is 5.25. The first kappa shape index (κ1) is 19.3. The minimum atomic E-state index is -0.321. The van der Waals surface area contributed by atoms with Crippen LogP contribution in [0, 0.1) is 0 Å². The van der Waals surface area contributed by atoms with E-state index >= 15 is 0 Å². The van der Waals surface area contributed by atoms with E-state index in [-0.39, 0.29) is 17.6 Å². The Morgan fingerprint density at radius 2 is 1.87 bits per heavy atom. The molecule has 2 aromatic heterocycles. The highest BCUT2D eigenvalue weighted by Crippen LogP contribution is 2.38. The number of imidazole rings is 1. The lowest BCUT2D eigenvalue weighted by Crippen LogP contribution is -2.16. The molecule has 2 N–H and O–H groups in total. The molecule has 0 aliphatic heterocycles. The highest BCUT2D eigenvalue weighted by Gasteiger charge is 2.31. The second-order valence-corrected chi connectivity index (χ2v) is 8.00. The van der Waals surface area contributed by atoms with Gasteiger partial charge in [-0.3, -0.25) is 13.8 Å². The van der Waals surface area contributed by atoms with Gasteiger partial charge < -0.3 is 4.98 Å². The number of aromatic amines is 2. The fourth-order valence-corrected chi connectivity index (χ4v) is 3.70. The molecule has 1 aliphatic carbocycles. The molecule has 2 heterocycles. The zero-order chi connectivity index (χ0) is 21.5. The Labute approximate surface area is 182 Å². The van der Waals surface area contributed by atoms with Crippen LogP contribution in [0.1, 0.15) is 29.2 Å². The summed E-state index contributed by atoms with van der Waals surface area (Å²) in [5, 5.41) is 6.84. The summed E-state index contributed by atoms with van der Waals surface area (Å²) in [7, 11) is 1.49. The number of carbonyl (C=O) groups is 1. The van der Waals surface area contributed by atoms with E-state index in [4.69, 9.17) is 16.8 Å². The van der Waals surface area contributed by atoms with Gasteiger partial charge in [-0.15, -0.1) is 0 Å². The molecule has 0 bridgehead atoms. The molecule has 0 saturated heterocycles. The monoisotopic (exact) mass is 434 g/mol. The molecular weight excluding hydrogens is 416 g/mol. The van der Waals surface area contributed by atoms with Crippen LogP contribution in [0.4, 0.5) is 0 Å². The smallest absolute Gasteiger partial charge is 0.335 e. The van der Waals surface area contributed by atoms with Gasteiger partial charge >= 0.3 is 5.69 Å². The quantitative estimate of drug-likeness (QED) is 0.466. The van der Waals surface area contributed by atoms with Gasteiger partial charge in [-0.25, -0.2) is 14.9 Å². The maximum atomic E-state index is 12.4. The van der Waals surface area contributed by atoms with Crippen molar-refractivity contribution in [1.82, 2.24) is 29.2 Å². The average molecular weight is 435 g/mol. The van der Waals surface area contributed by atoms with Crippen molar-refractivity contribution in [2.24, 2.45) is 0 Å². The van der Waals surface area contributed by atoms with Crippen LogP contribution in [0.3, 0.4) is 0 Å². The SMILES string of the molecule is CN(Cl)C(=O)c1cccc(-c2nc(-c3ccccc3)[nH]c2-c2n[nH]c(=O)n2C2CC2)c1. The van der Waals surface area contributed by atoms with Crippen molar-refractivity contribution in [1.29, 1.82) is 0 Å². The average Bonchev–Trinajstić information content (AvgIpc) is 3.41. The number of nitrogens with one attached hydrogen (secondary N) is 2. The van der Waals surface area contributed by atoms with Crippen molar-refractivity contribution in [2.75, 3.05) is 7.05 Å². The molecule has 0 spiro atoms. The fourth-order valence-electron chi connectivity index (χ4n) is 3.61. The van der Waals surface area contributed by atoms with Gasteiger partial charge in [0, 0.05) is 41.6 Å². The van der Waals surface area contributed by atoms with Crippen molar-refractivity contribution in [3.05, 3.63) is 70.6 Å². The Kier molecular flexibility index (Phi) is 4.71. The van der Waals surface area contributed by atoms with E-state index in [2.05, 4.69) is 15.2 Å². The lowest BCUT2D eigenvalue weighted by molar-refractivity contribution is 0.0885. The molecule has 4 aromatic rings. The van der Waals surface area contributed by atoms with Gasteiger partial charge in [0.05, 0.1) is 0 Å². The van der Waals surface area contributed by atoms with Gasteiger partial charge in [0.15, 0.2) is 5.82 Å². The summed E-state index contributed by atoms with van der Waals surface area (Å²) in [5.41, 5.74) is 3.03. The summed E-state index contributed by atoms with van der Waals surface area (Å²) in [6.45, 7) is 0. The van der Waals surface area contributed by atoms with Gasteiger partial charge in [-0.2, -0.15) is 5.10 Å². The van der Waals surface area contributed by atoms with Crippen LogP contribution >= 0.6 is 11.8 Å². The normalized spacial score (nSPS) is 13.4. The highest BCUT2D eigenvalue weighted by atomic mass is 35.5. The molecule has 0 unspecified atom stereocenters. The van der Waals surface area contributed by atoms with Crippen molar-refractivity contribution in [3.8, 4) is 34.2 Å². The maximum absolute atomic E-state index is 12.4. The minimum absolute atomic E-state index is 0.135. The molecule has 1 fully saturated rings. The number of benzene rings is 2.